The second-order valence-corrected chi connectivity index (χ2v) is 13.0. The van der Waals surface area contributed by atoms with E-state index in [1.54, 1.807) is 12.1 Å². The third-order valence-corrected chi connectivity index (χ3v) is 9.75. The smallest absolute Gasteiger partial charge is 0.250 e. The van der Waals surface area contributed by atoms with Crippen LogP contribution in [-0.2, 0) is 31.3 Å². The van der Waals surface area contributed by atoms with E-state index in [2.05, 4.69) is 5.32 Å². The lowest BCUT2D eigenvalue weighted by Gasteiger charge is -2.38. The molecule has 3 aromatic carbocycles. The van der Waals surface area contributed by atoms with Gasteiger partial charge in [0.15, 0.2) is 0 Å². The maximum Gasteiger partial charge on any atom is 0.250 e. The number of amides is 3. The highest BCUT2D eigenvalue weighted by molar-refractivity contribution is 6.38. The molecule has 3 fully saturated rings. The summed E-state index contributed by atoms with van der Waals surface area (Å²) in [5, 5.41) is 4.06. The van der Waals surface area contributed by atoms with Crippen LogP contribution in [0.5, 0.6) is 0 Å². The minimum atomic E-state index is -1.52. The highest BCUT2D eigenvalue weighted by Crippen LogP contribution is 2.63. The number of carbonyl (C=O) groups excluding carboxylic acids is 3. The van der Waals surface area contributed by atoms with E-state index in [1.807, 2.05) is 42.2 Å². The molecule has 3 aromatic rings. The zero-order valence-corrected chi connectivity index (χ0v) is 24.7. The van der Waals surface area contributed by atoms with Gasteiger partial charge in [-0.2, -0.15) is 0 Å². The Hall–Kier alpha value is -2.65. The Morgan fingerprint density at radius 3 is 2.32 bits per heavy atom. The number of rotatable bonds is 4. The van der Waals surface area contributed by atoms with Crippen LogP contribution in [0.1, 0.15) is 24.5 Å². The third kappa shape index (κ3) is 3.90. The van der Waals surface area contributed by atoms with E-state index >= 15 is 0 Å². The Labute approximate surface area is 256 Å². The molecule has 0 bridgehead atoms. The summed E-state index contributed by atoms with van der Waals surface area (Å²) in [6.07, 6.45) is 0.433. The van der Waals surface area contributed by atoms with Crippen molar-refractivity contribution in [3.05, 3.63) is 91.9 Å². The number of benzene rings is 3. The molecule has 0 saturated carbocycles. The molecule has 7 nitrogen and oxygen atoms in total. The first kappa shape index (κ1) is 27.2. The van der Waals surface area contributed by atoms with Crippen LogP contribution >= 0.6 is 46.4 Å². The first-order valence-electron chi connectivity index (χ1n) is 13.1. The van der Waals surface area contributed by atoms with Gasteiger partial charge in [-0.3, -0.25) is 19.3 Å². The van der Waals surface area contributed by atoms with Crippen LogP contribution in [0.25, 0.3) is 0 Å². The van der Waals surface area contributed by atoms with Crippen LogP contribution in [0.3, 0.4) is 0 Å². The zero-order valence-electron chi connectivity index (χ0n) is 21.7. The molecular formula is C30H23Cl4N3O4. The van der Waals surface area contributed by atoms with Crippen molar-refractivity contribution in [3.63, 3.8) is 0 Å². The van der Waals surface area contributed by atoms with Crippen molar-refractivity contribution in [2.24, 2.45) is 11.8 Å². The number of imide groups is 1. The number of anilines is 2. The highest BCUT2D eigenvalue weighted by Gasteiger charge is 2.76. The van der Waals surface area contributed by atoms with Crippen molar-refractivity contribution in [1.82, 2.24) is 4.90 Å². The van der Waals surface area contributed by atoms with Gasteiger partial charge in [0.05, 0.1) is 40.4 Å². The summed E-state index contributed by atoms with van der Waals surface area (Å²) in [5.74, 6) is -3.18. The van der Waals surface area contributed by atoms with Crippen molar-refractivity contribution in [1.29, 1.82) is 0 Å². The van der Waals surface area contributed by atoms with E-state index in [0.717, 1.165) is 10.5 Å². The zero-order chi connectivity index (χ0) is 28.8. The fraction of sp³-hybridized carbons (Fsp3) is 0.300. The van der Waals surface area contributed by atoms with Crippen LogP contribution in [0, 0.1) is 11.8 Å². The Balaban J connectivity index is 1.36. The number of fused-ring (bicyclic) bond motifs is 7. The lowest BCUT2D eigenvalue weighted by Crippen LogP contribution is -2.55. The molecule has 0 aliphatic carbocycles. The molecule has 5 atom stereocenters. The van der Waals surface area contributed by atoms with Gasteiger partial charge in [0, 0.05) is 33.2 Å². The number of ether oxygens (including phenoxy) is 1. The average Bonchev–Trinajstić information content (AvgIpc) is 3.57. The van der Waals surface area contributed by atoms with Gasteiger partial charge in [-0.25, -0.2) is 4.90 Å². The van der Waals surface area contributed by atoms with Gasteiger partial charge >= 0.3 is 0 Å². The molecule has 4 aliphatic rings. The molecule has 3 amide bonds. The van der Waals surface area contributed by atoms with Gasteiger partial charge in [-0.1, -0.05) is 76.7 Å². The van der Waals surface area contributed by atoms with Crippen molar-refractivity contribution < 1.29 is 19.1 Å². The molecule has 1 spiro atoms. The Morgan fingerprint density at radius 2 is 1.61 bits per heavy atom. The minimum Gasteiger partial charge on any atom is -0.369 e. The van der Waals surface area contributed by atoms with Gasteiger partial charge in [-0.15, -0.1) is 0 Å². The fourth-order valence-electron chi connectivity index (χ4n) is 7.28. The first-order valence-corrected chi connectivity index (χ1v) is 14.6. The Kier molecular flexibility index (Phi) is 6.25. The predicted octanol–water partition coefficient (Wildman–Crippen LogP) is 6.32. The van der Waals surface area contributed by atoms with Crippen LogP contribution in [0.15, 0.2) is 60.7 Å². The number of nitrogens with zero attached hydrogens (tertiary/aromatic N) is 2. The maximum atomic E-state index is 14.3. The molecule has 7 rings (SSSR count). The molecule has 0 radical (unpaired) electrons. The number of hydrogen-bond acceptors (Lipinski definition) is 5. The van der Waals surface area contributed by atoms with Gasteiger partial charge in [0.25, 0.3) is 5.91 Å². The second-order valence-electron chi connectivity index (χ2n) is 11.3. The average molecular weight is 631 g/mol. The van der Waals surface area contributed by atoms with E-state index in [4.69, 9.17) is 51.1 Å². The van der Waals surface area contributed by atoms with Crippen LogP contribution in [-0.4, -0.2) is 40.8 Å². The molecule has 4 aliphatic heterocycles. The molecule has 4 unspecified atom stereocenters. The summed E-state index contributed by atoms with van der Waals surface area (Å²) in [4.78, 5) is 45.8. The van der Waals surface area contributed by atoms with Crippen molar-refractivity contribution in [2.75, 3.05) is 16.8 Å². The lowest BCUT2D eigenvalue weighted by molar-refractivity contribution is -0.136. The molecule has 0 aromatic heterocycles. The number of halogens is 4. The first-order chi connectivity index (χ1) is 19.5. The summed E-state index contributed by atoms with van der Waals surface area (Å²) in [6.45, 7) is 2.66. The summed E-state index contributed by atoms with van der Waals surface area (Å²) in [7, 11) is 0. The number of nitrogens with one attached hydrogen (secondary N) is 1. The second kappa shape index (κ2) is 9.43. The number of hydrogen-bond donors (Lipinski definition) is 1. The summed E-state index contributed by atoms with van der Waals surface area (Å²) in [6, 6.07) is 17.1. The standard InChI is InChI=1S/C30H23Cl4N3O4/c1-29(41-13-15-5-3-2-4-6-15)12-22-23-24(27(39)37(26(23)38)19-8-16(31)7-17(32)9-19)30(36(22)14-29)20-10-18(33)11-21(34)25(20)35-28(30)40/h2-11,22-24H,12-14H2,1H3,(H,35,40)/t22?,23?,24?,29-,30?/m0/s1. The summed E-state index contributed by atoms with van der Waals surface area (Å²) < 4.78 is 6.47. The van der Waals surface area contributed by atoms with Gasteiger partial charge in [0.1, 0.15) is 5.54 Å². The Morgan fingerprint density at radius 1 is 0.927 bits per heavy atom. The normalized spacial score (nSPS) is 30.2. The van der Waals surface area contributed by atoms with Gasteiger partial charge in [-0.05, 0) is 49.2 Å². The maximum absolute atomic E-state index is 14.3. The van der Waals surface area contributed by atoms with Crippen molar-refractivity contribution >= 4 is 75.5 Å². The molecular weight excluding hydrogens is 608 g/mol. The van der Waals surface area contributed by atoms with E-state index in [1.165, 1.54) is 18.2 Å². The van der Waals surface area contributed by atoms with Gasteiger partial charge in [0.2, 0.25) is 11.8 Å². The molecule has 11 heteroatoms. The molecule has 1 N–H and O–H groups in total. The number of carbonyl (C=O) groups is 3. The topological polar surface area (TPSA) is 78.9 Å². The van der Waals surface area contributed by atoms with Gasteiger partial charge < -0.3 is 10.1 Å². The molecule has 210 valence electrons. The Bertz CT molecular complexity index is 1630. The fourth-order valence-corrected chi connectivity index (χ4v) is 8.34. The SMILES string of the molecule is C[C@]1(OCc2ccccc2)CC2C3C(=O)N(c4cc(Cl)cc(Cl)c4)C(=O)C3C3(C(=O)Nc4c(Cl)cc(Cl)cc43)N2C1. The van der Waals surface area contributed by atoms with Crippen molar-refractivity contribution in [2.45, 2.75) is 37.1 Å². The summed E-state index contributed by atoms with van der Waals surface area (Å²) >= 11 is 25.5. The monoisotopic (exact) mass is 629 g/mol. The third-order valence-electron chi connectivity index (χ3n) is 8.80. The molecule has 4 heterocycles. The van der Waals surface area contributed by atoms with Crippen LogP contribution in [0.2, 0.25) is 20.1 Å². The van der Waals surface area contributed by atoms with Crippen LogP contribution in [0.4, 0.5) is 11.4 Å². The quantitative estimate of drug-likeness (QED) is 0.342. The largest absolute Gasteiger partial charge is 0.369 e. The minimum absolute atomic E-state index is 0.260. The van der Waals surface area contributed by atoms with E-state index in [-0.39, 0.29) is 20.8 Å². The van der Waals surface area contributed by atoms with E-state index in [9.17, 15) is 14.4 Å². The highest BCUT2D eigenvalue weighted by atomic mass is 35.5. The lowest BCUT2D eigenvalue weighted by atomic mass is 9.74. The van der Waals surface area contributed by atoms with E-state index < -0.39 is 46.7 Å². The van der Waals surface area contributed by atoms with E-state index in [0.29, 0.717) is 35.8 Å². The molecule has 3 saturated heterocycles. The summed E-state index contributed by atoms with van der Waals surface area (Å²) in [5.41, 5.74) is -0.0816. The van der Waals surface area contributed by atoms with Crippen molar-refractivity contribution in [3.8, 4) is 0 Å². The van der Waals surface area contributed by atoms with Crippen LogP contribution < -0.4 is 10.2 Å². The predicted molar refractivity (Wildman–Crippen MR) is 157 cm³/mol. The molecule has 41 heavy (non-hydrogen) atoms.